The van der Waals surface area contributed by atoms with Crippen molar-refractivity contribution in [1.29, 1.82) is 0 Å². The third-order valence-corrected chi connectivity index (χ3v) is 3.71. The second-order valence-electron chi connectivity index (χ2n) is 5.34. The van der Waals surface area contributed by atoms with Gasteiger partial charge < -0.3 is 23.4 Å². The van der Waals surface area contributed by atoms with Gasteiger partial charge in [-0.25, -0.2) is 4.98 Å². The molecule has 0 atom stereocenters. The van der Waals surface area contributed by atoms with Gasteiger partial charge in [0.25, 0.3) is 0 Å². The van der Waals surface area contributed by atoms with Crippen molar-refractivity contribution in [2.24, 2.45) is 0 Å². The van der Waals surface area contributed by atoms with Crippen molar-refractivity contribution in [2.45, 2.75) is 13.2 Å². The van der Waals surface area contributed by atoms with E-state index < -0.39 is 0 Å². The van der Waals surface area contributed by atoms with E-state index in [1.807, 2.05) is 30.3 Å². The first-order valence-corrected chi connectivity index (χ1v) is 7.74. The zero-order chi connectivity index (χ0) is 17.1. The van der Waals surface area contributed by atoms with Gasteiger partial charge in [0.15, 0.2) is 11.5 Å². The summed E-state index contributed by atoms with van der Waals surface area (Å²) in [7, 11) is 1.57. The number of aromatic nitrogens is 2. The molecular formula is C18H16N2O5. The number of benzene rings is 1. The fourth-order valence-corrected chi connectivity index (χ4v) is 2.56. The molecule has 0 radical (unpaired) electrons. The minimum Gasteiger partial charge on any atom is -0.492 e. The van der Waals surface area contributed by atoms with Crippen LogP contribution in [-0.2, 0) is 18.0 Å². The lowest BCUT2D eigenvalue weighted by atomic mass is 10.1. The minimum absolute atomic E-state index is 0.174. The molecule has 3 aromatic rings. The smallest absolute Gasteiger partial charge is 0.231 e. The number of methoxy groups -OCH3 is 1. The summed E-state index contributed by atoms with van der Waals surface area (Å²) in [5, 5.41) is 0. The summed E-state index contributed by atoms with van der Waals surface area (Å²) in [6.45, 7) is 0.913. The Morgan fingerprint density at radius 1 is 1.08 bits per heavy atom. The number of oxazole rings is 1. The van der Waals surface area contributed by atoms with Gasteiger partial charge in [-0.05, 0) is 24.3 Å². The van der Waals surface area contributed by atoms with Crippen LogP contribution in [0.2, 0.25) is 0 Å². The first-order chi connectivity index (χ1) is 12.3. The van der Waals surface area contributed by atoms with Crippen LogP contribution in [0.3, 0.4) is 0 Å². The zero-order valence-electron chi connectivity index (χ0n) is 13.6. The molecule has 1 aliphatic rings. The molecule has 25 heavy (non-hydrogen) atoms. The molecule has 7 nitrogen and oxygen atoms in total. The highest BCUT2D eigenvalue weighted by atomic mass is 16.7. The maximum atomic E-state index is 5.62. The molecule has 1 aromatic carbocycles. The standard InChI is InChI=1S/C18H16N2O5/c1-21-16-14(5-6-15-17(16)25-11-24-15)18-20-13(10-23-18)9-22-8-12-4-2-3-7-19-12/h2-7,10H,8-9,11H2,1H3. The molecule has 128 valence electrons. The van der Waals surface area contributed by atoms with E-state index in [0.29, 0.717) is 47.6 Å². The first-order valence-electron chi connectivity index (χ1n) is 7.74. The lowest BCUT2D eigenvalue weighted by molar-refractivity contribution is 0.102. The molecule has 0 spiro atoms. The highest BCUT2D eigenvalue weighted by molar-refractivity contribution is 5.71. The summed E-state index contributed by atoms with van der Waals surface area (Å²) in [4.78, 5) is 8.66. The average molecular weight is 340 g/mol. The van der Waals surface area contributed by atoms with Crippen LogP contribution in [0.25, 0.3) is 11.5 Å². The second kappa shape index (κ2) is 6.82. The van der Waals surface area contributed by atoms with Crippen molar-refractivity contribution < 1.29 is 23.4 Å². The van der Waals surface area contributed by atoms with Crippen molar-refractivity contribution in [3.8, 4) is 28.7 Å². The Balaban J connectivity index is 1.48. The van der Waals surface area contributed by atoms with E-state index in [2.05, 4.69) is 9.97 Å². The number of pyridine rings is 1. The Hall–Kier alpha value is -3.06. The van der Waals surface area contributed by atoms with E-state index in [-0.39, 0.29) is 6.79 Å². The normalized spacial score (nSPS) is 12.4. The molecule has 0 unspecified atom stereocenters. The molecule has 0 amide bonds. The SMILES string of the molecule is COc1c(-c2nc(COCc3ccccn3)co2)ccc2c1OCO2. The van der Waals surface area contributed by atoms with Crippen molar-refractivity contribution in [2.75, 3.05) is 13.9 Å². The van der Waals surface area contributed by atoms with Crippen LogP contribution in [0.5, 0.6) is 17.2 Å². The van der Waals surface area contributed by atoms with Gasteiger partial charge in [0.2, 0.25) is 18.4 Å². The van der Waals surface area contributed by atoms with Crippen LogP contribution in [-0.4, -0.2) is 23.9 Å². The lowest BCUT2D eigenvalue weighted by Gasteiger charge is -2.08. The van der Waals surface area contributed by atoms with E-state index in [1.54, 1.807) is 19.6 Å². The molecule has 0 bridgehead atoms. The first kappa shape index (κ1) is 15.5. The monoisotopic (exact) mass is 340 g/mol. The zero-order valence-corrected chi connectivity index (χ0v) is 13.6. The molecule has 0 saturated heterocycles. The third kappa shape index (κ3) is 3.14. The van der Waals surface area contributed by atoms with Gasteiger partial charge in [-0.2, -0.15) is 0 Å². The Labute approximate surface area is 144 Å². The molecule has 1 aliphatic heterocycles. The van der Waals surface area contributed by atoms with Crippen molar-refractivity contribution in [1.82, 2.24) is 9.97 Å². The van der Waals surface area contributed by atoms with E-state index in [9.17, 15) is 0 Å². The maximum absolute atomic E-state index is 5.62. The minimum atomic E-state index is 0.174. The predicted molar refractivity (Wildman–Crippen MR) is 87.3 cm³/mol. The largest absolute Gasteiger partial charge is 0.492 e. The molecule has 4 rings (SSSR count). The highest BCUT2D eigenvalue weighted by Gasteiger charge is 2.24. The molecule has 7 heteroatoms. The molecule has 0 N–H and O–H groups in total. The molecule has 2 aromatic heterocycles. The van der Waals surface area contributed by atoms with E-state index in [4.69, 9.17) is 23.4 Å². The summed E-state index contributed by atoms with van der Waals surface area (Å²) >= 11 is 0. The molecule has 0 fully saturated rings. The van der Waals surface area contributed by atoms with Crippen molar-refractivity contribution in [3.63, 3.8) is 0 Å². The van der Waals surface area contributed by atoms with Crippen LogP contribution in [0.1, 0.15) is 11.4 Å². The highest BCUT2D eigenvalue weighted by Crippen LogP contribution is 2.46. The molecule has 3 heterocycles. The van der Waals surface area contributed by atoms with Crippen LogP contribution in [0.15, 0.2) is 47.2 Å². The van der Waals surface area contributed by atoms with Crippen molar-refractivity contribution >= 4 is 0 Å². The van der Waals surface area contributed by atoms with Crippen LogP contribution in [0.4, 0.5) is 0 Å². The Kier molecular flexibility index (Phi) is 4.22. The van der Waals surface area contributed by atoms with Gasteiger partial charge in [0, 0.05) is 6.20 Å². The number of hydrogen-bond donors (Lipinski definition) is 0. The van der Waals surface area contributed by atoms with Gasteiger partial charge in [-0.1, -0.05) is 6.07 Å². The van der Waals surface area contributed by atoms with Crippen molar-refractivity contribution in [3.05, 3.63) is 54.2 Å². The van der Waals surface area contributed by atoms with Crippen LogP contribution in [0, 0.1) is 0 Å². The fourth-order valence-electron chi connectivity index (χ4n) is 2.56. The number of nitrogens with zero attached hydrogens (tertiary/aromatic N) is 2. The van der Waals surface area contributed by atoms with Gasteiger partial charge in [0.1, 0.15) is 12.0 Å². The molecule has 0 saturated carbocycles. The second-order valence-corrected chi connectivity index (χ2v) is 5.34. The van der Waals surface area contributed by atoms with Gasteiger partial charge in [0.05, 0.1) is 31.6 Å². The lowest BCUT2D eigenvalue weighted by Crippen LogP contribution is -1.96. The summed E-state index contributed by atoms with van der Waals surface area (Å²) in [5.41, 5.74) is 2.25. The Bertz CT molecular complexity index is 863. The van der Waals surface area contributed by atoms with Gasteiger partial charge in [-0.3, -0.25) is 4.98 Å². The van der Waals surface area contributed by atoms with E-state index >= 15 is 0 Å². The number of fused-ring (bicyclic) bond motifs is 1. The summed E-state index contributed by atoms with van der Waals surface area (Å²) in [6.07, 6.45) is 3.30. The number of hydrogen-bond acceptors (Lipinski definition) is 7. The third-order valence-electron chi connectivity index (χ3n) is 3.71. The predicted octanol–water partition coefficient (Wildman–Crippen LogP) is 3.19. The summed E-state index contributed by atoms with van der Waals surface area (Å²) < 4.78 is 27.5. The van der Waals surface area contributed by atoms with E-state index in [1.165, 1.54) is 0 Å². The summed E-state index contributed by atoms with van der Waals surface area (Å²) in [5.74, 6) is 2.18. The van der Waals surface area contributed by atoms with Crippen LogP contribution >= 0.6 is 0 Å². The Morgan fingerprint density at radius 2 is 2.00 bits per heavy atom. The number of ether oxygens (including phenoxy) is 4. The maximum Gasteiger partial charge on any atom is 0.231 e. The van der Waals surface area contributed by atoms with E-state index in [0.717, 1.165) is 5.69 Å². The molecule has 0 aliphatic carbocycles. The fraction of sp³-hybridized carbons (Fsp3) is 0.222. The summed E-state index contributed by atoms with van der Waals surface area (Å²) in [6, 6.07) is 9.34. The van der Waals surface area contributed by atoms with Gasteiger partial charge >= 0.3 is 0 Å². The number of rotatable bonds is 6. The topological polar surface area (TPSA) is 75.8 Å². The van der Waals surface area contributed by atoms with Crippen LogP contribution < -0.4 is 14.2 Å². The molecular weight excluding hydrogens is 324 g/mol. The average Bonchev–Trinajstić information content (AvgIpc) is 3.31. The Morgan fingerprint density at radius 3 is 2.84 bits per heavy atom. The quantitative estimate of drug-likeness (QED) is 0.682. The van der Waals surface area contributed by atoms with Gasteiger partial charge in [-0.15, -0.1) is 0 Å².